The molecule has 1 amide bonds. The zero-order chi connectivity index (χ0) is 23.4. The van der Waals surface area contributed by atoms with E-state index in [4.69, 9.17) is 17.3 Å². The quantitative estimate of drug-likeness (QED) is 0.672. The Morgan fingerprint density at radius 1 is 1.29 bits per heavy atom. The predicted molar refractivity (Wildman–Crippen MR) is 113 cm³/mol. The summed E-state index contributed by atoms with van der Waals surface area (Å²) in [6, 6.07) is 4.41. The van der Waals surface area contributed by atoms with Gasteiger partial charge in [-0.2, -0.15) is 13.2 Å². The largest absolute Gasteiger partial charge is 0.433 e. The molecule has 2 aromatic rings. The summed E-state index contributed by atoms with van der Waals surface area (Å²) in [7, 11) is -3.69. The molecule has 168 valence electrons. The van der Waals surface area contributed by atoms with E-state index in [0.717, 1.165) is 23.5 Å². The summed E-state index contributed by atoms with van der Waals surface area (Å²) in [6.45, 7) is 4.45. The van der Waals surface area contributed by atoms with Crippen molar-refractivity contribution in [2.75, 3.05) is 11.1 Å². The summed E-state index contributed by atoms with van der Waals surface area (Å²) >= 11 is 7.16. The molecule has 1 aliphatic heterocycles. The van der Waals surface area contributed by atoms with Gasteiger partial charge in [0.15, 0.2) is 9.84 Å². The molecule has 0 fully saturated rings. The number of anilines is 1. The molecule has 0 spiro atoms. The molecule has 0 aliphatic carbocycles. The number of aliphatic imine (C=N–C) groups is 1. The molecule has 1 aliphatic rings. The van der Waals surface area contributed by atoms with Crippen LogP contribution in [-0.4, -0.2) is 35.6 Å². The van der Waals surface area contributed by atoms with Crippen LogP contribution in [0.15, 0.2) is 29.3 Å². The van der Waals surface area contributed by atoms with Crippen molar-refractivity contribution >= 4 is 50.3 Å². The van der Waals surface area contributed by atoms with Gasteiger partial charge in [0.1, 0.15) is 27.6 Å². The predicted octanol–water partition coefficient (Wildman–Crippen LogP) is 3.85. The molecule has 0 aromatic carbocycles. The number of nitrogens with two attached hydrogens (primary N) is 1. The Morgan fingerprint density at radius 2 is 1.94 bits per heavy atom. The SMILES string of the molecule is CC1(c2sc(C(=O)Nc3cccc(C(F)(F)F)n3)cc2Cl)CS(=O)(=O)C(C)(C)C(N)=N1. The molecule has 0 radical (unpaired) electrons. The van der Waals surface area contributed by atoms with Gasteiger partial charge in [0.2, 0.25) is 0 Å². The first-order valence-corrected chi connectivity index (χ1v) is 11.6. The van der Waals surface area contributed by atoms with Gasteiger partial charge in [0.25, 0.3) is 5.91 Å². The average Bonchev–Trinajstić information content (AvgIpc) is 3.02. The summed E-state index contributed by atoms with van der Waals surface area (Å²) in [5, 5.41) is 2.39. The third kappa shape index (κ3) is 4.28. The lowest BCUT2D eigenvalue weighted by Crippen LogP contribution is -2.54. The van der Waals surface area contributed by atoms with E-state index in [0.29, 0.717) is 4.88 Å². The molecule has 3 rings (SSSR count). The summed E-state index contributed by atoms with van der Waals surface area (Å²) in [4.78, 5) is 20.7. The van der Waals surface area contributed by atoms with Crippen LogP contribution in [0.25, 0.3) is 0 Å². The Bertz CT molecular complexity index is 1190. The van der Waals surface area contributed by atoms with Crippen LogP contribution in [0.4, 0.5) is 19.0 Å². The number of amidine groups is 1. The fraction of sp³-hybridized carbons (Fsp3) is 0.389. The summed E-state index contributed by atoms with van der Waals surface area (Å²) in [5.74, 6) is -1.49. The number of hydrogen-bond donors (Lipinski definition) is 2. The highest BCUT2D eigenvalue weighted by Crippen LogP contribution is 2.43. The van der Waals surface area contributed by atoms with Gasteiger partial charge in [-0.1, -0.05) is 17.7 Å². The summed E-state index contributed by atoms with van der Waals surface area (Å²) < 4.78 is 62.6. The lowest BCUT2D eigenvalue weighted by atomic mass is 10.0. The molecular formula is C18H18ClF3N4O3S2. The molecule has 7 nitrogen and oxygen atoms in total. The second kappa shape index (κ2) is 7.45. The zero-order valence-electron chi connectivity index (χ0n) is 16.5. The number of nitrogens with one attached hydrogen (secondary N) is 1. The number of hydrogen-bond acceptors (Lipinski definition) is 7. The molecule has 0 bridgehead atoms. The monoisotopic (exact) mass is 494 g/mol. The topological polar surface area (TPSA) is 115 Å². The van der Waals surface area contributed by atoms with Crippen LogP contribution in [0.2, 0.25) is 5.02 Å². The van der Waals surface area contributed by atoms with Gasteiger partial charge in [-0.05, 0) is 39.0 Å². The van der Waals surface area contributed by atoms with Crippen molar-refractivity contribution in [3.8, 4) is 0 Å². The maximum Gasteiger partial charge on any atom is 0.433 e. The van der Waals surface area contributed by atoms with Crippen molar-refractivity contribution in [3.63, 3.8) is 0 Å². The number of carbonyl (C=O) groups is 1. The normalized spacial score (nSPS) is 22.6. The first-order valence-electron chi connectivity index (χ1n) is 8.80. The maximum absolute atomic E-state index is 12.8. The first kappa shape index (κ1) is 23.5. The van der Waals surface area contributed by atoms with Crippen molar-refractivity contribution in [2.24, 2.45) is 10.7 Å². The van der Waals surface area contributed by atoms with E-state index in [-0.39, 0.29) is 27.3 Å². The number of halogens is 4. The number of pyridine rings is 1. The standard InChI is InChI=1S/C18H18ClF3N4O3S2/c1-16(2)15(23)26-17(3,8-31(16,28)29)13-9(19)7-10(30-13)14(27)25-12-6-4-5-11(24-12)18(20,21)22/h4-7H,8H2,1-3H3,(H2,23,26)(H,24,25,27). The lowest BCUT2D eigenvalue weighted by molar-refractivity contribution is -0.141. The van der Waals surface area contributed by atoms with Gasteiger partial charge < -0.3 is 11.1 Å². The smallest absolute Gasteiger partial charge is 0.386 e. The van der Waals surface area contributed by atoms with E-state index in [9.17, 15) is 26.4 Å². The highest BCUT2D eigenvalue weighted by molar-refractivity contribution is 7.93. The van der Waals surface area contributed by atoms with Crippen LogP contribution in [-0.2, 0) is 21.6 Å². The summed E-state index contributed by atoms with van der Waals surface area (Å²) in [6.07, 6.45) is -4.66. The van der Waals surface area contributed by atoms with Crippen molar-refractivity contribution < 1.29 is 26.4 Å². The van der Waals surface area contributed by atoms with Crippen LogP contribution in [0.1, 0.15) is 41.0 Å². The van der Waals surface area contributed by atoms with Gasteiger partial charge >= 0.3 is 6.18 Å². The molecular weight excluding hydrogens is 477 g/mol. The van der Waals surface area contributed by atoms with Gasteiger partial charge in [-0.15, -0.1) is 11.3 Å². The van der Waals surface area contributed by atoms with Crippen LogP contribution in [0, 0.1) is 0 Å². The minimum Gasteiger partial charge on any atom is -0.386 e. The van der Waals surface area contributed by atoms with Gasteiger partial charge in [0.05, 0.1) is 20.5 Å². The number of aromatic nitrogens is 1. The highest BCUT2D eigenvalue weighted by atomic mass is 35.5. The number of amides is 1. The number of rotatable bonds is 3. The van der Waals surface area contributed by atoms with Crippen LogP contribution >= 0.6 is 22.9 Å². The highest BCUT2D eigenvalue weighted by Gasteiger charge is 2.50. The molecule has 2 aromatic heterocycles. The van der Waals surface area contributed by atoms with E-state index in [1.807, 2.05) is 0 Å². The van der Waals surface area contributed by atoms with E-state index < -0.39 is 37.9 Å². The molecule has 0 saturated heterocycles. The molecule has 3 heterocycles. The minimum absolute atomic E-state index is 0.0523. The fourth-order valence-corrected chi connectivity index (χ4v) is 6.24. The number of thiophene rings is 1. The third-order valence-corrected chi connectivity index (χ3v) is 9.42. The number of nitrogens with zero attached hydrogens (tertiary/aromatic N) is 2. The lowest BCUT2D eigenvalue weighted by Gasteiger charge is -2.37. The Balaban J connectivity index is 1.93. The fourth-order valence-electron chi connectivity index (χ4n) is 2.95. The van der Waals surface area contributed by atoms with Gasteiger partial charge in [-0.25, -0.2) is 13.4 Å². The van der Waals surface area contributed by atoms with Gasteiger partial charge in [0, 0.05) is 0 Å². The third-order valence-electron chi connectivity index (χ3n) is 4.91. The number of carbonyl (C=O) groups excluding carboxylic acids is 1. The molecule has 0 saturated carbocycles. The number of alkyl halides is 3. The maximum atomic E-state index is 12.8. The Morgan fingerprint density at radius 3 is 2.52 bits per heavy atom. The van der Waals surface area contributed by atoms with Crippen LogP contribution in [0.3, 0.4) is 0 Å². The van der Waals surface area contributed by atoms with E-state index in [1.54, 1.807) is 6.92 Å². The van der Waals surface area contributed by atoms with Crippen molar-refractivity contribution in [2.45, 2.75) is 37.2 Å². The van der Waals surface area contributed by atoms with E-state index in [1.165, 1.54) is 26.0 Å². The van der Waals surface area contributed by atoms with E-state index >= 15 is 0 Å². The van der Waals surface area contributed by atoms with E-state index in [2.05, 4.69) is 15.3 Å². The molecule has 1 atom stereocenters. The average molecular weight is 495 g/mol. The molecule has 31 heavy (non-hydrogen) atoms. The van der Waals surface area contributed by atoms with Crippen LogP contribution < -0.4 is 11.1 Å². The van der Waals surface area contributed by atoms with Crippen LogP contribution in [0.5, 0.6) is 0 Å². The Labute approximate surface area is 185 Å². The zero-order valence-corrected chi connectivity index (χ0v) is 18.9. The Kier molecular flexibility index (Phi) is 5.64. The van der Waals surface area contributed by atoms with Crippen molar-refractivity contribution in [3.05, 3.63) is 44.7 Å². The summed E-state index contributed by atoms with van der Waals surface area (Å²) in [5.41, 5.74) is 3.46. The number of sulfone groups is 1. The molecule has 13 heteroatoms. The minimum atomic E-state index is -4.66. The van der Waals surface area contributed by atoms with Crippen molar-refractivity contribution in [1.29, 1.82) is 0 Å². The second-order valence-corrected chi connectivity index (χ2v) is 11.7. The first-order chi connectivity index (χ1) is 14.1. The molecule has 3 N–H and O–H groups in total. The molecule has 1 unspecified atom stereocenters. The second-order valence-electron chi connectivity index (χ2n) is 7.69. The van der Waals surface area contributed by atoms with Gasteiger partial charge in [-0.3, -0.25) is 9.79 Å². The Hall–Kier alpha value is -2.18. The van der Waals surface area contributed by atoms with Crippen molar-refractivity contribution in [1.82, 2.24) is 4.98 Å².